The molecule has 3 rings (SSSR count). The molecule has 2 aromatic rings. The molecule has 0 unspecified atom stereocenters. The van der Waals surface area contributed by atoms with Crippen molar-refractivity contribution in [1.29, 1.82) is 0 Å². The minimum absolute atomic E-state index is 0.0121. The highest BCUT2D eigenvalue weighted by atomic mass is 35.5. The van der Waals surface area contributed by atoms with Gasteiger partial charge in [-0.3, -0.25) is 4.79 Å². The zero-order valence-corrected chi connectivity index (χ0v) is 18.3. The lowest BCUT2D eigenvalue weighted by molar-refractivity contribution is -0.141. The van der Waals surface area contributed by atoms with E-state index in [1.54, 1.807) is 32.0 Å². The second-order valence-corrected chi connectivity index (χ2v) is 7.59. The van der Waals surface area contributed by atoms with Crippen LogP contribution in [0.25, 0.3) is 0 Å². The van der Waals surface area contributed by atoms with Crippen molar-refractivity contribution >= 4 is 35.1 Å². The van der Waals surface area contributed by atoms with Gasteiger partial charge in [-0.05, 0) is 43.7 Å². The van der Waals surface area contributed by atoms with Gasteiger partial charge < -0.3 is 19.9 Å². The van der Waals surface area contributed by atoms with E-state index in [0.29, 0.717) is 10.7 Å². The molecule has 1 N–H and O–H groups in total. The molecule has 0 aliphatic carbocycles. The van der Waals surface area contributed by atoms with E-state index in [1.165, 1.54) is 9.80 Å². The maximum Gasteiger partial charge on any atom is 0.433 e. The molecular weight excluding hydrogens is 449 g/mol. The van der Waals surface area contributed by atoms with Crippen LogP contribution < -0.4 is 5.32 Å². The van der Waals surface area contributed by atoms with E-state index in [1.807, 2.05) is 0 Å². The highest BCUT2D eigenvalue weighted by Crippen LogP contribution is 2.32. The molecule has 1 aliphatic heterocycles. The number of pyridine rings is 1. The predicted octanol–water partition coefficient (Wildman–Crippen LogP) is 4.72. The number of hydrogen-bond acceptors (Lipinski definition) is 5. The minimum atomic E-state index is -4.67. The Kier molecular flexibility index (Phi) is 7.12. The Labute approximate surface area is 188 Å². The first-order chi connectivity index (χ1) is 15.1. The molecular formula is C21H22ClF3N4O3. The van der Waals surface area contributed by atoms with Gasteiger partial charge >= 0.3 is 12.3 Å². The van der Waals surface area contributed by atoms with E-state index in [4.69, 9.17) is 16.3 Å². The van der Waals surface area contributed by atoms with Crippen LogP contribution in [-0.2, 0) is 10.9 Å². The second kappa shape index (κ2) is 9.64. The molecule has 0 atom stereocenters. The Morgan fingerprint density at radius 3 is 2.41 bits per heavy atom. The van der Waals surface area contributed by atoms with Crippen LogP contribution in [0.5, 0.6) is 0 Å². The number of ether oxygens (including phenoxy) is 1. The first-order valence-corrected chi connectivity index (χ1v) is 10.3. The lowest BCUT2D eigenvalue weighted by atomic mass is 10.1. The van der Waals surface area contributed by atoms with Gasteiger partial charge in [-0.2, -0.15) is 13.2 Å². The van der Waals surface area contributed by atoms with Crippen LogP contribution >= 0.6 is 11.6 Å². The summed E-state index contributed by atoms with van der Waals surface area (Å²) >= 11 is 6.01. The molecule has 32 heavy (non-hydrogen) atoms. The monoisotopic (exact) mass is 470 g/mol. The van der Waals surface area contributed by atoms with Gasteiger partial charge in [-0.25, -0.2) is 9.78 Å². The van der Waals surface area contributed by atoms with Crippen molar-refractivity contribution in [3.63, 3.8) is 0 Å². The van der Waals surface area contributed by atoms with Crippen molar-refractivity contribution in [2.24, 2.45) is 0 Å². The SMILES string of the molecule is CCOC(=O)N1CCN(C(=O)c2ccc(C(F)(F)F)nc2Nc2cc(Cl)ccc2C)CC1. The van der Waals surface area contributed by atoms with E-state index in [9.17, 15) is 22.8 Å². The van der Waals surface area contributed by atoms with Crippen molar-refractivity contribution in [2.45, 2.75) is 20.0 Å². The van der Waals surface area contributed by atoms with Crippen molar-refractivity contribution in [2.75, 3.05) is 38.1 Å². The number of halogens is 4. The molecule has 2 amide bonds. The van der Waals surface area contributed by atoms with Gasteiger partial charge in [0.1, 0.15) is 11.5 Å². The number of nitrogens with one attached hydrogen (secondary N) is 1. The zero-order valence-electron chi connectivity index (χ0n) is 17.5. The number of benzene rings is 1. The third kappa shape index (κ3) is 5.42. The first kappa shape index (κ1) is 23.6. The Bertz CT molecular complexity index is 1010. The number of aromatic nitrogens is 1. The topological polar surface area (TPSA) is 74.8 Å². The normalized spacial score (nSPS) is 14.3. The van der Waals surface area contributed by atoms with E-state index >= 15 is 0 Å². The maximum atomic E-state index is 13.3. The number of amides is 2. The summed E-state index contributed by atoms with van der Waals surface area (Å²) in [4.78, 5) is 31.6. The summed E-state index contributed by atoms with van der Waals surface area (Å²) in [5, 5.41) is 3.21. The average Bonchev–Trinajstić information content (AvgIpc) is 2.75. The fourth-order valence-electron chi connectivity index (χ4n) is 3.22. The van der Waals surface area contributed by atoms with E-state index < -0.39 is 23.9 Å². The lowest BCUT2D eigenvalue weighted by Gasteiger charge is -2.34. The second-order valence-electron chi connectivity index (χ2n) is 7.15. The third-order valence-corrected chi connectivity index (χ3v) is 5.20. The van der Waals surface area contributed by atoms with Crippen LogP contribution in [0.1, 0.15) is 28.5 Å². The fourth-order valence-corrected chi connectivity index (χ4v) is 3.39. The van der Waals surface area contributed by atoms with Gasteiger partial charge in [0.25, 0.3) is 5.91 Å². The molecule has 11 heteroatoms. The van der Waals surface area contributed by atoms with Crippen LogP contribution in [0.4, 0.5) is 29.5 Å². The molecule has 0 radical (unpaired) electrons. The summed E-state index contributed by atoms with van der Waals surface area (Å²) in [5.41, 5.74) is 0.0193. The third-order valence-electron chi connectivity index (χ3n) is 4.96. The Balaban J connectivity index is 1.88. The molecule has 172 valence electrons. The standard InChI is InChI=1S/C21H22ClF3N4O3/c1-3-32-20(31)29-10-8-28(9-11-29)19(30)15-6-7-17(21(23,24)25)27-18(15)26-16-12-14(22)5-4-13(16)2/h4-7,12H,3,8-11H2,1-2H3,(H,26,27). The summed E-state index contributed by atoms with van der Waals surface area (Å²) in [6, 6.07) is 6.78. The number of rotatable bonds is 4. The van der Waals surface area contributed by atoms with Crippen LogP contribution in [-0.4, -0.2) is 59.6 Å². The zero-order chi connectivity index (χ0) is 23.5. The fraction of sp³-hybridized carbons (Fsp3) is 0.381. The molecule has 1 fully saturated rings. The number of piperazine rings is 1. The van der Waals surface area contributed by atoms with Gasteiger partial charge in [0.05, 0.1) is 12.2 Å². The van der Waals surface area contributed by atoms with E-state index in [2.05, 4.69) is 10.3 Å². The number of alkyl halides is 3. The number of anilines is 2. The Hall–Kier alpha value is -3.01. The number of carbonyl (C=O) groups excluding carboxylic acids is 2. The van der Waals surface area contributed by atoms with Crippen LogP contribution in [0.2, 0.25) is 5.02 Å². The van der Waals surface area contributed by atoms with Crippen molar-refractivity contribution in [3.8, 4) is 0 Å². The first-order valence-electron chi connectivity index (χ1n) is 9.92. The number of aryl methyl sites for hydroxylation is 1. The van der Waals surface area contributed by atoms with Gasteiger partial charge in [-0.15, -0.1) is 0 Å². The maximum absolute atomic E-state index is 13.3. The smallest absolute Gasteiger partial charge is 0.433 e. The van der Waals surface area contributed by atoms with Gasteiger partial charge in [-0.1, -0.05) is 17.7 Å². The molecule has 0 spiro atoms. The summed E-state index contributed by atoms with van der Waals surface area (Å²) < 4.78 is 44.7. The Morgan fingerprint density at radius 2 is 1.78 bits per heavy atom. The lowest BCUT2D eigenvalue weighted by Crippen LogP contribution is -2.50. The highest BCUT2D eigenvalue weighted by molar-refractivity contribution is 6.30. The summed E-state index contributed by atoms with van der Waals surface area (Å²) in [7, 11) is 0. The van der Waals surface area contributed by atoms with Crippen molar-refractivity contribution in [1.82, 2.24) is 14.8 Å². The van der Waals surface area contributed by atoms with Crippen LogP contribution in [0, 0.1) is 6.92 Å². The summed E-state index contributed by atoms with van der Waals surface area (Å²) in [6.07, 6.45) is -5.14. The quantitative estimate of drug-likeness (QED) is 0.700. The molecule has 1 aromatic carbocycles. The van der Waals surface area contributed by atoms with E-state index in [0.717, 1.165) is 17.7 Å². The van der Waals surface area contributed by atoms with Crippen LogP contribution in [0.3, 0.4) is 0 Å². The molecule has 0 bridgehead atoms. The van der Waals surface area contributed by atoms with Gasteiger partial charge in [0.2, 0.25) is 0 Å². The average molecular weight is 471 g/mol. The van der Waals surface area contributed by atoms with Crippen molar-refractivity contribution in [3.05, 3.63) is 52.2 Å². The molecule has 1 aliphatic rings. The number of carbonyl (C=O) groups is 2. The number of hydrogen-bond donors (Lipinski definition) is 1. The molecule has 0 saturated carbocycles. The molecule has 7 nitrogen and oxygen atoms in total. The Morgan fingerprint density at radius 1 is 1.12 bits per heavy atom. The van der Waals surface area contributed by atoms with Gasteiger partial charge in [0.15, 0.2) is 0 Å². The summed E-state index contributed by atoms with van der Waals surface area (Å²) in [6.45, 7) is 4.65. The highest BCUT2D eigenvalue weighted by Gasteiger charge is 2.34. The van der Waals surface area contributed by atoms with Crippen molar-refractivity contribution < 1.29 is 27.5 Å². The molecule has 1 saturated heterocycles. The molecule has 2 heterocycles. The van der Waals surface area contributed by atoms with Gasteiger partial charge in [0, 0.05) is 36.9 Å². The predicted molar refractivity (Wildman–Crippen MR) is 113 cm³/mol. The van der Waals surface area contributed by atoms with Crippen LogP contribution in [0.15, 0.2) is 30.3 Å². The minimum Gasteiger partial charge on any atom is -0.450 e. The summed E-state index contributed by atoms with van der Waals surface area (Å²) in [5.74, 6) is -0.708. The molecule has 1 aromatic heterocycles. The van der Waals surface area contributed by atoms with E-state index in [-0.39, 0.29) is 44.2 Å². The number of nitrogens with zero attached hydrogens (tertiary/aromatic N) is 3. The largest absolute Gasteiger partial charge is 0.450 e.